The Morgan fingerprint density at radius 3 is 2.61 bits per heavy atom. The summed E-state index contributed by atoms with van der Waals surface area (Å²) in [5, 5.41) is 2.93. The lowest BCUT2D eigenvalue weighted by molar-refractivity contribution is -0.126. The van der Waals surface area contributed by atoms with Gasteiger partial charge in [0, 0.05) is 11.5 Å². The van der Waals surface area contributed by atoms with Gasteiger partial charge in [-0.1, -0.05) is 37.5 Å². The molecule has 1 N–H and O–H groups in total. The van der Waals surface area contributed by atoms with Crippen LogP contribution in [-0.4, -0.2) is 5.91 Å². The van der Waals surface area contributed by atoms with E-state index in [0.29, 0.717) is 5.56 Å². The van der Waals surface area contributed by atoms with Crippen LogP contribution in [0, 0.1) is 11.7 Å². The SMILES string of the molecule is C[C@H](NC(=O)C1CCCCC1)c1ccccc1F. The predicted molar refractivity (Wildman–Crippen MR) is 69.5 cm³/mol. The van der Waals surface area contributed by atoms with Gasteiger partial charge in [0.05, 0.1) is 6.04 Å². The zero-order valence-electron chi connectivity index (χ0n) is 10.8. The van der Waals surface area contributed by atoms with Crippen molar-refractivity contribution >= 4 is 5.91 Å². The molecule has 0 heterocycles. The van der Waals surface area contributed by atoms with Crippen molar-refractivity contribution in [2.24, 2.45) is 5.92 Å². The summed E-state index contributed by atoms with van der Waals surface area (Å²) < 4.78 is 13.6. The Kier molecular flexibility index (Phi) is 4.34. The van der Waals surface area contributed by atoms with E-state index in [9.17, 15) is 9.18 Å². The highest BCUT2D eigenvalue weighted by Crippen LogP contribution is 2.25. The van der Waals surface area contributed by atoms with Crippen LogP contribution in [0.5, 0.6) is 0 Å². The average Bonchev–Trinajstić information content (AvgIpc) is 2.40. The molecule has 2 nitrogen and oxygen atoms in total. The summed E-state index contributed by atoms with van der Waals surface area (Å²) in [6, 6.07) is 6.34. The first-order valence-electron chi connectivity index (χ1n) is 6.73. The van der Waals surface area contributed by atoms with Crippen molar-refractivity contribution in [3.05, 3.63) is 35.6 Å². The summed E-state index contributed by atoms with van der Waals surface area (Å²) in [5.74, 6) is -0.0626. The number of carbonyl (C=O) groups is 1. The number of rotatable bonds is 3. The fourth-order valence-electron chi connectivity index (χ4n) is 2.60. The van der Waals surface area contributed by atoms with Crippen LogP contribution in [-0.2, 0) is 4.79 Å². The molecule has 0 spiro atoms. The number of halogens is 1. The van der Waals surface area contributed by atoms with E-state index in [1.807, 2.05) is 6.92 Å². The minimum atomic E-state index is -0.263. The van der Waals surface area contributed by atoms with Crippen molar-refractivity contribution < 1.29 is 9.18 Å². The van der Waals surface area contributed by atoms with E-state index in [1.165, 1.54) is 12.5 Å². The van der Waals surface area contributed by atoms with Crippen LogP contribution in [0.3, 0.4) is 0 Å². The third kappa shape index (κ3) is 3.09. The van der Waals surface area contributed by atoms with E-state index in [0.717, 1.165) is 25.7 Å². The molecular formula is C15H20FNO. The van der Waals surface area contributed by atoms with Gasteiger partial charge in [-0.15, -0.1) is 0 Å². The molecule has 1 saturated carbocycles. The quantitative estimate of drug-likeness (QED) is 0.871. The second-order valence-electron chi connectivity index (χ2n) is 5.09. The van der Waals surface area contributed by atoms with Crippen LogP contribution in [0.2, 0.25) is 0 Å². The van der Waals surface area contributed by atoms with E-state index in [2.05, 4.69) is 5.32 Å². The van der Waals surface area contributed by atoms with Gasteiger partial charge in [-0.05, 0) is 25.8 Å². The first kappa shape index (κ1) is 13.1. The van der Waals surface area contributed by atoms with Crippen LogP contribution in [0.4, 0.5) is 4.39 Å². The molecular weight excluding hydrogens is 229 g/mol. The number of carbonyl (C=O) groups excluding carboxylic acids is 1. The number of hydrogen-bond donors (Lipinski definition) is 1. The van der Waals surface area contributed by atoms with Gasteiger partial charge >= 0.3 is 0 Å². The van der Waals surface area contributed by atoms with E-state index < -0.39 is 0 Å². The van der Waals surface area contributed by atoms with Gasteiger partial charge in [0.2, 0.25) is 5.91 Å². The van der Waals surface area contributed by atoms with Gasteiger partial charge in [0.1, 0.15) is 5.82 Å². The van der Waals surface area contributed by atoms with Gasteiger partial charge in [-0.3, -0.25) is 4.79 Å². The standard InChI is InChI=1S/C15H20FNO/c1-11(13-9-5-6-10-14(13)16)17-15(18)12-7-3-2-4-8-12/h5-6,9-12H,2-4,7-8H2,1H3,(H,17,18)/t11-/m0/s1. The monoisotopic (exact) mass is 249 g/mol. The lowest BCUT2D eigenvalue weighted by Crippen LogP contribution is -2.34. The molecule has 98 valence electrons. The van der Waals surface area contributed by atoms with Crippen molar-refractivity contribution in [2.45, 2.75) is 45.1 Å². The Balaban J connectivity index is 1.96. The maximum absolute atomic E-state index is 13.6. The van der Waals surface area contributed by atoms with Gasteiger partial charge in [0.25, 0.3) is 0 Å². The van der Waals surface area contributed by atoms with Crippen molar-refractivity contribution in [3.63, 3.8) is 0 Å². The Bertz CT molecular complexity index is 413. The molecule has 3 heteroatoms. The molecule has 0 bridgehead atoms. The highest BCUT2D eigenvalue weighted by Gasteiger charge is 2.23. The molecule has 0 aliphatic heterocycles. The Morgan fingerprint density at radius 1 is 1.28 bits per heavy atom. The molecule has 2 rings (SSSR count). The molecule has 18 heavy (non-hydrogen) atoms. The molecule has 1 aromatic carbocycles. The minimum absolute atomic E-state index is 0.0745. The molecule has 1 aliphatic rings. The predicted octanol–water partition coefficient (Wildman–Crippen LogP) is 3.58. The summed E-state index contributed by atoms with van der Waals surface area (Å²) in [7, 11) is 0. The van der Waals surface area contributed by atoms with Crippen LogP contribution in [0.25, 0.3) is 0 Å². The highest BCUT2D eigenvalue weighted by molar-refractivity contribution is 5.79. The van der Waals surface area contributed by atoms with E-state index in [-0.39, 0.29) is 23.7 Å². The smallest absolute Gasteiger partial charge is 0.223 e. The largest absolute Gasteiger partial charge is 0.349 e. The van der Waals surface area contributed by atoms with Crippen molar-refractivity contribution in [1.82, 2.24) is 5.32 Å². The maximum atomic E-state index is 13.6. The van der Waals surface area contributed by atoms with Gasteiger partial charge in [-0.25, -0.2) is 4.39 Å². The van der Waals surface area contributed by atoms with Gasteiger partial charge < -0.3 is 5.32 Å². The minimum Gasteiger partial charge on any atom is -0.349 e. The van der Waals surface area contributed by atoms with Crippen molar-refractivity contribution in [2.75, 3.05) is 0 Å². The second-order valence-corrected chi connectivity index (χ2v) is 5.09. The summed E-state index contributed by atoms with van der Waals surface area (Å²) in [6.07, 6.45) is 5.43. The van der Waals surface area contributed by atoms with Crippen LogP contribution >= 0.6 is 0 Å². The number of amides is 1. The fourth-order valence-corrected chi connectivity index (χ4v) is 2.60. The Labute approximate surface area is 108 Å². The number of benzene rings is 1. The first-order valence-corrected chi connectivity index (χ1v) is 6.73. The molecule has 1 fully saturated rings. The molecule has 1 amide bonds. The summed E-state index contributed by atoms with van der Waals surface area (Å²) in [6.45, 7) is 1.83. The molecule has 0 unspecified atom stereocenters. The third-order valence-electron chi connectivity index (χ3n) is 3.71. The van der Waals surface area contributed by atoms with E-state index in [1.54, 1.807) is 18.2 Å². The molecule has 1 aromatic rings. The second kappa shape index (κ2) is 5.98. The lowest BCUT2D eigenvalue weighted by Gasteiger charge is -2.23. The average molecular weight is 249 g/mol. The lowest BCUT2D eigenvalue weighted by atomic mass is 9.88. The third-order valence-corrected chi connectivity index (χ3v) is 3.71. The fraction of sp³-hybridized carbons (Fsp3) is 0.533. The first-order chi connectivity index (χ1) is 8.68. The number of nitrogens with one attached hydrogen (secondary N) is 1. The molecule has 0 aromatic heterocycles. The summed E-state index contributed by atoms with van der Waals surface area (Å²) in [4.78, 5) is 12.1. The van der Waals surface area contributed by atoms with Crippen LogP contribution < -0.4 is 5.32 Å². The van der Waals surface area contributed by atoms with Crippen LogP contribution in [0.15, 0.2) is 24.3 Å². The molecule has 0 saturated heterocycles. The Morgan fingerprint density at radius 2 is 1.94 bits per heavy atom. The zero-order valence-corrected chi connectivity index (χ0v) is 10.8. The van der Waals surface area contributed by atoms with E-state index in [4.69, 9.17) is 0 Å². The molecule has 0 radical (unpaired) electrons. The maximum Gasteiger partial charge on any atom is 0.223 e. The molecule has 1 atom stereocenters. The Hall–Kier alpha value is -1.38. The van der Waals surface area contributed by atoms with Crippen LogP contribution in [0.1, 0.15) is 50.6 Å². The van der Waals surface area contributed by atoms with Gasteiger partial charge in [0.15, 0.2) is 0 Å². The van der Waals surface area contributed by atoms with Crippen molar-refractivity contribution in [3.8, 4) is 0 Å². The highest BCUT2D eigenvalue weighted by atomic mass is 19.1. The zero-order chi connectivity index (χ0) is 13.0. The summed E-state index contributed by atoms with van der Waals surface area (Å²) in [5.41, 5.74) is 0.557. The molecule has 1 aliphatic carbocycles. The van der Waals surface area contributed by atoms with Crippen molar-refractivity contribution in [1.29, 1.82) is 0 Å². The van der Waals surface area contributed by atoms with E-state index >= 15 is 0 Å². The topological polar surface area (TPSA) is 29.1 Å². The normalized spacial score (nSPS) is 18.3. The number of hydrogen-bond acceptors (Lipinski definition) is 1. The van der Waals surface area contributed by atoms with Gasteiger partial charge in [-0.2, -0.15) is 0 Å². The summed E-state index contributed by atoms with van der Waals surface area (Å²) >= 11 is 0.